The molecule has 19 valence electrons. The SMILES string of the molecule is [H-].[H-].[La].[Mg+2].[O]=[Cr]. The molecular formula is H2CrLaMgO. The van der Waals surface area contributed by atoms with E-state index in [1.807, 2.05) is 0 Å². The van der Waals surface area contributed by atoms with Crippen LogP contribution >= 0.6 is 0 Å². The molecule has 0 saturated heterocycles. The Labute approximate surface area is 80.3 Å². The number of rotatable bonds is 0. The summed E-state index contributed by atoms with van der Waals surface area (Å²) in [5.41, 5.74) is 0. The van der Waals surface area contributed by atoms with Crippen LogP contribution in [0.5, 0.6) is 0 Å². The molecule has 0 saturated carbocycles. The van der Waals surface area contributed by atoms with Crippen molar-refractivity contribution >= 4 is 23.1 Å². The molecule has 0 heterocycles. The molecular weight excluding hydrogens is 231 g/mol. The van der Waals surface area contributed by atoms with Gasteiger partial charge in [-0.05, 0) is 0 Å². The number of hydrogen-bond donors (Lipinski definition) is 0. The van der Waals surface area contributed by atoms with E-state index in [0.717, 1.165) is 0 Å². The number of hydrogen-bond acceptors (Lipinski definition) is 1. The molecule has 0 unspecified atom stereocenters. The van der Waals surface area contributed by atoms with Crippen molar-refractivity contribution in [1.29, 1.82) is 0 Å². The summed E-state index contributed by atoms with van der Waals surface area (Å²) in [6.07, 6.45) is 0. The van der Waals surface area contributed by atoms with Crippen LogP contribution in [0.25, 0.3) is 0 Å². The van der Waals surface area contributed by atoms with Crippen molar-refractivity contribution in [1.82, 2.24) is 0 Å². The molecule has 0 aliphatic rings. The third-order valence-electron chi connectivity index (χ3n) is 0. The van der Waals surface area contributed by atoms with E-state index in [4.69, 9.17) is 3.80 Å². The summed E-state index contributed by atoms with van der Waals surface area (Å²) in [6.45, 7) is 0. The Hall–Kier alpha value is 2.29. The maximum absolute atomic E-state index is 8.12. The minimum absolute atomic E-state index is 0. The molecule has 0 aromatic rings. The summed E-state index contributed by atoms with van der Waals surface area (Å²) in [5, 5.41) is 0. The van der Waals surface area contributed by atoms with E-state index >= 15 is 0 Å². The zero-order chi connectivity index (χ0) is 2.00. The maximum atomic E-state index is 8.12. The van der Waals surface area contributed by atoms with E-state index in [9.17, 15) is 0 Å². The molecule has 0 aliphatic heterocycles. The summed E-state index contributed by atoms with van der Waals surface area (Å²) in [5.74, 6) is 0. The first-order valence-corrected chi connectivity index (χ1v) is 0.687. The van der Waals surface area contributed by atoms with Crippen LogP contribution in [0, 0.1) is 35.6 Å². The normalized spacial score (nSPS) is 1.00. The van der Waals surface area contributed by atoms with Gasteiger partial charge in [-0.2, -0.15) is 0 Å². The second kappa shape index (κ2) is 18.6. The quantitative estimate of drug-likeness (QED) is 0.526. The Morgan fingerprint density at radius 3 is 1.50 bits per heavy atom. The summed E-state index contributed by atoms with van der Waals surface area (Å²) in [6, 6.07) is 0. The Morgan fingerprint density at radius 1 is 1.50 bits per heavy atom. The van der Waals surface area contributed by atoms with Crippen molar-refractivity contribution in [3.05, 3.63) is 0 Å². The second-order valence-corrected chi connectivity index (χ2v) is 0. The van der Waals surface area contributed by atoms with Crippen molar-refractivity contribution in [3.8, 4) is 0 Å². The summed E-state index contributed by atoms with van der Waals surface area (Å²) in [4.78, 5) is 0. The average Bonchev–Trinajstić information content (AvgIpc) is 1.00. The zero-order valence-corrected chi connectivity index (χ0v) is 8.42. The van der Waals surface area contributed by atoms with Crippen LogP contribution in [-0.2, 0) is 20.0 Å². The van der Waals surface area contributed by atoms with Crippen LogP contribution in [0.15, 0.2) is 0 Å². The standard InChI is InChI=1S/Cr.La.Mg.O.2H/q;;+2;;2*-1. The predicted octanol–water partition coefficient (Wildman–Crippen LogP) is -0.277. The van der Waals surface area contributed by atoms with Gasteiger partial charge in [0.05, 0.1) is 0 Å². The Kier molecular flexibility index (Phi) is 75.4. The van der Waals surface area contributed by atoms with E-state index in [1.165, 1.54) is 16.2 Å². The van der Waals surface area contributed by atoms with E-state index < -0.39 is 0 Å². The topological polar surface area (TPSA) is 17.1 Å². The van der Waals surface area contributed by atoms with Crippen LogP contribution in [0.4, 0.5) is 0 Å². The van der Waals surface area contributed by atoms with Gasteiger partial charge < -0.3 is 2.85 Å². The van der Waals surface area contributed by atoms with Gasteiger partial charge in [-0.15, -0.1) is 0 Å². The van der Waals surface area contributed by atoms with Gasteiger partial charge in [-0.1, -0.05) is 0 Å². The molecule has 1 nitrogen and oxygen atoms in total. The van der Waals surface area contributed by atoms with Crippen molar-refractivity contribution in [2.75, 3.05) is 0 Å². The summed E-state index contributed by atoms with van der Waals surface area (Å²) >= 11 is 1.38. The fourth-order valence-corrected chi connectivity index (χ4v) is 0. The van der Waals surface area contributed by atoms with Crippen molar-refractivity contribution in [2.45, 2.75) is 0 Å². The molecule has 0 amide bonds. The van der Waals surface area contributed by atoms with Crippen LogP contribution in [0.1, 0.15) is 2.85 Å². The van der Waals surface area contributed by atoms with Gasteiger partial charge in [-0.3, -0.25) is 0 Å². The summed E-state index contributed by atoms with van der Waals surface area (Å²) in [7, 11) is 0. The van der Waals surface area contributed by atoms with Gasteiger partial charge in [0.2, 0.25) is 0 Å². The fourth-order valence-electron chi connectivity index (χ4n) is 0. The zero-order valence-electron chi connectivity index (χ0n) is 4.10. The molecule has 0 aromatic carbocycles. The molecule has 0 atom stereocenters. The molecule has 0 rings (SSSR count). The minimum atomic E-state index is 0. The van der Waals surface area contributed by atoms with Gasteiger partial charge in [-0.25, -0.2) is 0 Å². The average molecular weight is 233 g/mol. The molecule has 1 radical (unpaired) electrons. The Morgan fingerprint density at radius 2 is 1.50 bits per heavy atom. The Balaban J connectivity index is -0.000000000833. The monoisotopic (exact) mass is 233 g/mol. The van der Waals surface area contributed by atoms with Gasteiger partial charge in [0, 0.05) is 35.6 Å². The molecule has 0 N–H and O–H groups in total. The molecule has 0 aromatic heterocycles. The van der Waals surface area contributed by atoms with E-state index in [1.54, 1.807) is 0 Å². The first kappa shape index (κ1) is 16.3. The van der Waals surface area contributed by atoms with E-state index in [-0.39, 0.29) is 61.5 Å². The van der Waals surface area contributed by atoms with E-state index in [2.05, 4.69) is 0 Å². The van der Waals surface area contributed by atoms with Crippen LogP contribution in [-0.4, -0.2) is 23.1 Å². The van der Waals surface area contributed by atoms with E-state index in [0.29, 0.717) is 0 Å². The third-order valence-corrected chi connectivity index (χ3v) is 0. The van der Waals surface area contributed by atoms with Crippen molar-refractivity contribution in [3.63, 3.8) is 0 Å². The Bertz CT molecular complexity index is 13.5. The van der Waals surface area contributed by atoms with Crippen LogP contribution in [0.2, 0.25) is 0 Å². The van der Waals surface area contributed by atoms with Crippen molar-refractivity contribution in [2.24, 2.45) is 0 Å². The molecule has 4 heteroatoms. The first-order chi connectivity index (χ1) is 1.00. The summed E-state index contributed by atoms with van der Waals surface area (Å²) < 4.78 is 8.12. The predicted molar refractivity (Wildman–Crippen MR) is 8.66 cm³/mol. The molecule has 0 fully saturated rings. The molecule has 0 aliphatic carbocycles. The molecule has 0 spiro atoms. The third kappa shape index (κ3) is 8.85. The van der Waals surface area contributed by atoms with Gasteiger partial charge in [0.1, 0.15) is 0 Å². The second-order valence-electron chi connectivity index (χ2n) is 0. The van der Waals surface area contributed by atoms with Gasteiger partial charge >= 0.3 is 43.1 Å². The molecule has 0 bridgehead atoms. The fraction of sp³-hybridized carbons (Fsp3) is 0. The first-order valence-electron chi connectivity index (χ1n) is 0.167. The van der Waals surface area contributed by atoms with Crippen LogP contribution < -0.4 is 0 Å². The molecule has 4 heavy (non-hydrogen) atoms. The van der Waals surface area contributed by atoms with Gasteiger partial charge in [0.15, 0.2) is 0 Å². The van der Waals surface area contributed by atoms with Crippen LogP contribution in [0.3, 0.4) is 0 Å². The van der Waals surface area contributed by atoms with Gasteiger partial charge in [0.25, 0.3) is 0 Å². The van der Waals surface area contributed by atoms with Crippen molar-refractivity contribution < 1.29 is 58.5 Å².